The molecule has 0 heterocycles. The van der Waals surface area contributed by atoms with E-state index in [1.54, 1.807) is 0 Å². The van der Waals surface area contributed by atoms with E-state index in [1.165, 1.54) is 47.6 Å². The lowest BCUT2D eigenvalue weighted by molar-refractivity contribution is 0.718. The summed E-state index contributed by atoms with van der Waals surface area (Å²) in [6.45, 7) is 0.619. The molecule has 0 saturated heterocycles. The topological polar surface area (TPSA) is 26.0 Å². The summed E-state index contributed by atoms with van der Waals surface area (Å²) < 4.78 is 0. The molecule has 18 heavy (non-hydrogen) atoms. The van der Waals surface area contributed by atoms with Crippen LogP contribution in [0, 0.1) is 0 Å². The summed E-state index contributed by atoms with van der Waals surface area (Å²) in [5, 5.41) is 3.40. The Bertz CT molecular complexity index is 571. The first kappa shape index (κ1) is 12.0. The molecule has 0 bridgehead atoms. The van der Waals surface area contributed by atoms with Crippen molar-refractivity contribution in [1.29, 1.82) is 0 Å². The van der Waals surface area contributed by atoms with Gasteiger partial charge in [0.25, 0.3) is 0 Å². The molecule has 0 aliphatic heterocycles. The Balaban J connectivity index is 2.25. The van der Waals surface area contributed by atoms with E-state index in [-0.39, 0.29) is 0 Å². The molecule has 0 atom stereocenters. The molecule has 94 valence electrons. The summed E-state index contributed by atoms with van der Waals surface area (Å²) in [7, 11) is 0. The van der Waals surface area contributed by atoms with Gasteiger partial charge in [0.15, 0.2) is 0 Å². The third kappa shape index (κ3) is 2.02. The fraction of sp³-hybridized carbons (Fsp3) is 0.375. The first-order valence-electron chi connectivity index (χ1n) is 6.70. The molecule has 1 aliphatic carbocycles. The van der Waals surface area contributed by atoms with Gasteiger partial charge in [-0.3, -0.25) is 0 Å². The van der Waals surface area contributed by atoms with Crippen molar-refractivity contribution in [2.45, 2.75) is 38.1 Å². The highest BCUT2D eigenvalue weighted by molar-refractivity contribution is 6.31. The summed E-state index contributed by atoms with van der Waals surface area (Å²) >= 11 is 6.16. The van der Waals surface area contributed by atoms with Crippen LogP contribution in [-0.4, -0.2) is 0 Å². The van der Waals surface area contributed by atoms with Crippen LogP contribution in [0.4, 0.5) is 0 Å². The van der Waals surface area contributed by atoms with Gasteiger partial charge in [-0.1, -0.05) is 42.6 Å². The second-order valence-corrected chi connectivity index (χ2v) is 5.63. The largest absolute Gasteiger partial charge is 0.326 e. The van der Waals surface area contributed by atoms with E-state index in [4.69, 9.17) is 17.3 Å². The molecular weight excluding hydrogens is 242 g/mol. The van der Waals surface area contributed by atoms with Crippen LogP contribution in [0.3, 0.4) is 0 Å². The summed E-state index contributed by atoms with van der Waals surface area (Å²) in [5.41, 5.74) is 8.66. The minimum absolute atomic E-state index is 0.619. The number of fused-ring (bicyclic) bond motifs is 1. The van der Waals surface area contributed by atoms with Gasteiger partial charge in [-0.25, -0.2) is 0 Å². The van der Waals surface area contributed by atoms with Gasteiger partial charge in [0, 0.05) is 11.6 Å². The first-order chi connectivity index (χ1) is 8.79. The highest BCUT2D eigenvalue weighted by Gasteiger charge is 2.21. The quantitative estimate of drug-likeness (QED) is 0.837. The number of benzene rings is 2. The lowest BCUT2D eigenvalue weighted by Gasteiger charge is -2.18. The third-order valence-corrected chi connectivity index (χ3v) is 4.33. The second-order valence-electron chi connectivity index (χ2n) is 5.19. The molecule has 1 fully saturated rings. The van der Waals surface area contributed by atoms with Gasteiger partial charge in [0.2, 0.25) is 0 Å². The molecule has 2 heteroatoms. The van der Waals surface area contributed by atoms with Gasteiger partial charge in [0.05, 0.1) is 0 Å². The highest BCUT2D eigenvalue weighted by Crippen LogP contribution is 2.40. The van der Waals surface area contributed by atoms with Crippen LogP contribution >= 0.6 is 11.6 Å². The van der Waals surface area contributed by atoms with Crippen molar-refractivity contribution in [3.8, 4) is 0 Å². The molecule has 0 radical (unpaired) electrons. The van der Waals surface area contributed by atoms with Crippen LogP contribution in [0.5, 0.6) is 0 Å². The van der Waals surface area contributed by atoms with Crippen molar-refractivity contribution in [3.63, 3.8) is 0 Å². The van der Waals surface area contributed by atoms with Crippen LogP contribution in [0.25, 0.3) is 10.8 Å². The normalized spacial score (nSPS) is 16.6. The van der Waals surface area contributed by atoms with Crippen LogP contribution in [0.1, 0.15) is 42.7 Å². The molecule has 3 rings (SSSR count). The lowest BCUT2D eigenvalue weighted by atomic mass is 9.88. The maximum atomic E-state index is 6.16. The number of hydrogen-bond donors (Lipinski definition) is 1. The van der Waals surface area contributed by atoms with E-state index in [0.29, 0.717) is 12.5 Å². The fourth-order valence-electron chi connectivity index (χ4n) is 3.23. The van der Waals surface area contributed by atoms with Gasteiger partial charge in [0.1, 0.15) is 0 Å². The van der Waals surface area contributed by atoms with E-state index < -0.39 is 0 Å². The lowest BCUT2D eigenvalue weighted by Crippen LogP contribution is -2.05. The van der Waals surface area contributed by atoms with E-state index in [9.17, 15) is 0 Å². The van der Waals surface area contributed by atoms with Crippen molar-refractivity contribution in [2.24, 2.45) is 5.73 Å². The Kier molecular flexibility index (Phi) is 3.27. The summed E-state index contributed by atoms with van der Waals surface area (Å²) in [4.78, 5) is 0. The van der Waals surface area contributed by atoms with Crippen LogP contribution < -0.4 is 5.73 Å². The van der Waals surface area contributed by atoms with Crippen molar-refractivity contribution in [2.75, 3.05) is 0 Å². The maximum Gasteiger partial charge on any atom is 0.0412 e. The molecule has 2 aromatic rings. The van der Waals surface area contributed by atoms with Crippen molar-refractivity contribution >= 4 is 22.4 Å². The van der Waals surface area contributed by atoms with Gasteiger partial charge in [-0.05, 0) is 52.8 Å². The Morgan fingerprint density at radius 1 is 1.11 bits per heavy atom. The Hall–Kier alpha value is -1.05. The van der Waals surface area contributed by atoms with E-state index in [2.05, 4.69) is 24.3 Å². The zero-order valence-electron chi connectivity index (χ0n) is 10.5. The standard InChI is InChI=1S/C16H18ClN/c17-14-8-7-11-5-6-13(10-18)16(15(11)9-14)12-3-1-2-4-12/h5-9,12H,1-4,10,18H2. The molecule has 0 aromatic heterocycles. The molecule has 0 unspecified atom stereocenters. The molecule has 0 amide bonds. The molecule has 1 aliphatic rings. The summed E-state index contributed by atoms with van der Waals surface area (Å²) in [6, 6.07) is 10.5. The van der Waals surface area contributed by atoms with Gasteiger partial charge in [-0.2, -0.15) is 0 Å². The summed E-state index contributed by atoms with van der Waals surface area (Å²) in [6.07, 6.45) is 5.26. The zero-order chi connectivity index (χ0) is 12.5. The third-order valence-electron chi connectivity index (χ3n) is 4.10. The number of hydrogen-bond acceptors (Lipinski definition) is 1. The van der Waals surface area contributed by atoms with E-state index in [0.717, 1.165) is 5.02 Å². The zero-order valence-corrected chi connectivity index (χ0v) is 11.2. The Morgan fingerprint density at radius 2 is 1.83 bits per heavy atom. The van der Waals surface area contributed by atoms with Crippen LogP contribution in [0.15, 0.2) is 30.3 Å². The molecule has 1 nitrogen and oxygen atoms in total. The van der Waals surface area contributed by atoms with Gasteiger partial charge in [-0.15, -0.1) is 0 Å². The van der Waals surface area contributed by atoms with Crippen LogP contribution in [0.2, 0.25) is 5.02 Å². The number of rotatable bonds is 2. The first-order valence-corrected chi connectivity index (χ1v) is 7.08. The Morgan fingerprint density at radius 3 is 2.56 bits per heavy atom. The highest BCUT2D eigenvalue weighted by atomic mass is 35.5. The average molecular weight is 260 g/mol. The monoisotopic (exact) mass is 259 g/mol. The second kappa shape index (κ2) is 4.91. The summed E-state index contributed by atoms with van der Waals surface area (Å²) in [5.74, 6) is 0.672. The van der Waals surface area contributed by atoms with E-state index in [1.807, 2.05) is 6.07 Å². The Labute approximate surface area is 113 Å². The number of nitrogens with two attached hydrogens (primary N) is 1. The number of halogens is 1. The van der Waals surface area contributed by atoms with Crippen molar-refractivity contribution in [1.82, 2.24) is 0 Å². The molecule has 2 N–H and O–H groups in total. The predicted octanol–water partition coefficient (Wildman–Crippen LogP) is 4.61. The molecule has 0 spiro atoms. The van der Waals surface area contributed by atoms with Crippen LogP contribution in [-0.2, 0) is 6.54 Å². The predicted molar refractivity (Wildman–Crippen MR) is 78.1 cm³/mol. The van der Waals surface area contributed by atoms with Crippen molar-refractivity contribution < 1.29 is 0 Å². The molecular formula is C16H18ClN. The fourth-order valence-corrected chi connectivity index (χ4v) is 3.41. The van der Waals surface area contributed by atoms with Gasteiger partial charge >= 0.3 is 0 Å². The average Bonchev–Trinajstić information content (AvgIpc) is 2.90. The molecule has 1 saturated carbocycles. The minimum atomic E-state index is 0.619. The maximum absolute atomic E-state index is 6.16. The van der Waals surface area contributed by atoms with Crippen molar-refractivity contribution in [3.05, 3.63) is 46.5 Å². The molecule has 2 aromatic carbocycles. The van der Waals surface area contributed by atoms with Gasteiger partial charge < -0.3 is 5.73 Å². The van der Waals surface area contributed by atoms with E-state index >= 15 is 0 Å². The minimum Gasteiger partial charge on any atom is -0.326 e. The smallest absolute Gasteiger partial charge is 0.0412 e. The SMILES string of the molecule is NCc1ccc2ccc(Cl)cc2c1C1CCCC1.